The predicted octanol–water partition coefficient (Wildman–Crippen LogP) is 3.05. The molecule has 2 rings (SSSR count). The molecule has 0 atom stereocenters. The second-order valence-electron chi connectivity index (χ2n) is 3.34. The van der Waals surface area contributed by atoms with Crippen LogP contribution in [0.15, 0.2) is 30.5 Å². The van der Waals surface area contributed by atoms with E-state index in [1.165, 1.54) is 5.56 Å². The van der Waals surface area contributed by atoms with E-state index >= 15 is 0 Å². The average molecular weight is 207 g/mol. The first-order chi connectivity index (χ1) is 6.68. The maximum Gasteiger partial charge on any atom is 0.134 e. The Balaban J connectivity index is 2.55. The van der Waals surface area contributed by atoms with E-state index in [0.29, 0.717) is 5.15 Å². The number of rotatable bonds is 1. The number of halogens is 1. The molecule has 14 heavy (non-hydrogen) atoms. The third-order valence-electron chi connectivity index (χ3n) is 2.20. The van der Waals surface area contributed by atoms with Crippen LogP contribution in [0.3, 0.4) is 0 Å². The SMILES string of the molecule is Cc1cccc(-c2cnn(C)c2Cl)c1. The monoisotopic (exact) mass is 206 g/mol. The lowest BCUT2D eigenvalue weighted by molar-refractivity contribution is 0.769. The van der Waals surface area contributed by atoms with Crippen molar-refractivity contribution in [1.82, 2.24) is 9.78 Å². The molecule has 0 saturated heterocycles. The lowest BCUT2D eigenvalue weighted by Gasteiger charge is -2.00. The fourth-order valence-electron chi connectivity index (χ4n) is 1.43. The molecule has 0 bridgehead atoms. The van der Waals surface area contributed by atoms with Gasteiger partial charge in [0, 0.05) is 12.6 Å². The van der Waals surface area contributed by atoms with Crippen LogP contribution in [0.2, 0.25) is 5.15 Å². The minimum Gasteiger partial charge on any atom is -0.256 e. The van der Waals surface area contributed by atoms with Crippen molar-refractivity contribution in [2.75, 3.05) is 0 Å². The Bertz CT molecular complexity index is 460. The molecule has 72 valence electrons. The first-order valence-electron chi connectivity index (χ1n) is 4.43. The van der Waals surface area contributed by atoms with Crippen LogP contribution in [-0.2, 0) is 7.05 Å². The maximum atomic E-state index is 6.10. The Labute approximate surface area is 88.1 Å². The zero-order chi connectivity index (χ0) is 10.1. The molecule has 0 aliphatic carbocycles. The molecule has 1 aromatic carbocycles. The number of hydrogen-bond acceptors (Lipinski definition) is 1. The van der Waals surface area contributed by atoms with E-state index in [1.807, 2.05) is 19.2 Å². The van der Waals surface area contributed by atoms with E-state index in [2.05, 4.69) is 24.2 Å². The second-order valence-corrected chi connectivity index (χ2v) is 3.70. The van der Waals surface area contributed by atoms with Gasteiger partial charge < -0.3 is 0 Å². The zero-order valence-corrected chi connectivity index (χ0v) is 8.92. The highest BCUT2D eigenvalue weighted by atomic mass is 35.5. The Kier molecular flexibility index (Phi) is 2.30. The molecule has 0 amide bonds. The first kappa shape index (κ1) is 9.28. The van der Waals surface area contributed by atoms with E-state index < -0.39 is 0 Å². The van der Waals surface area contributed by atoms with Gasteiger partial charge in [0.1, 0.15) is 5.15 Å². The summed E-state index contributed by atoms with van der Waals surface area (Å²) in [5.74, 6) is 0. The van der Waals surface area contributed by atoms with Crippen molar-refractivity contribution in [3.8, 4) is 11.1 Å². The average Bonchev–Trinajstić information content (AvgIpc) is 2.48. The van der Waals surface area contributed by atoms with E-state index in [-0.39, 0.29) is 0 Å². The van der Waals surface area contributed by atoms with Gasteiger partial charge in [0.25, 0.3) is 0 Å². The van der Waals surface area contributed by atoms with E-state index in [9.17, 15) is 0 Å². The predicted molar refractivity (Wildman–Crippen MR) is 58.4 cm³/mol. The Hall–Kier alpha value is -1.28. The van der Waals surface area contributed by atoms with Crippen molar-refractivity contribution in [3.05, 3.63) is 41.2 Å². The number of hydrogen-bond donors (Lipinski definition) is 0. The van der Waals surface area contributed by atoms with Crippen LogP contribution in [0, 0.1) is 6.92 Å². The number of aromatic nitrogens is 2. The number of benzene rings is 1. The van der Waals surface area contributed by atoms with Gasteiger partial charge in [-0.25, -0.2) is 0 Å². The quantitative estimate of drug-likeness (QED) is 0.701. The van der Waals surface area contributed by atoms with Crippen LogP contribution in [0.1, 0.15) is 5.56 Å². The number of nitrogens with zero attached hydrogens (tertiary/aromatic N) is 2. The summed E-state index contributed by atoms with van der Waals surface area (Å²) in [6, 6.07) is 8.22. The van der Waals surface area contributed by atoms with Crippen LogP contribution in [0.5, 0.6) is 0 Å². The summed E-state index contributed by atoms with van der Waals surface area (Å²) in [4.78, 5) is 0. The van der Waals surface area contributed by atoms with Crippen molar-refractivity contribution in [1.29, 1.82) is 0 Å². The zero-order valence-electron chi connectivity index (χ0n) is 8.16. The normalized spacial score (nSPS) is 10.5. The van der Waals surface area contributed by atoms with Crippen molar-refractivity contribution in [2.24, 2.45) is 7.05 Å². The standard InChI is InChI=1S/C11H11ClN2/c1-8-4-3-5-9(6-8)10-7-13-14(2)11(10)12/h3-7H,1-2H3. The molecule has 0 aliphatic heterocycles. The van der Waals surface area contributed by atoms with Crippen LogP contribution < -0.4 is 0 Å². The van der Waals surface area contributed by atoms with Crippen LogP contribution in [0.4, 0.5) is 0 Å². The van der Waals surface area contributed by atoms with Crippen molar-refractivity contribution >= 4 is 11.6 Å². The van der Waals surface area contributed by atoms with Crippen molar-refractivity contribution in [3.63, 3.8) is 0 Å². The molecule has 0 saturated carbocycles. The van der Waals surface area contributed by atoms with Gasteiger partial charge in [-0.2, -0.15) is 5.10 Å². The van der Waals surface area contributed by atoms with Gasteiger partial charge >= 0.3 is 0 Å². The Morgan fingerprint density at radius 2 is 2.14 bits per heavy atom. The Morgan fingerprint density at radius 3 is 2.71 bits per heavy atom. The third-order valence-corrected chi connectivity index (χ3v) is 2.64. The molecule has 0 unspecified atom stereocenters. The molecule has 0 fully saturated rings. The highest BCUT2D eigenvalue weighted by Gasteiger charge is 2.07. The van der Waals surface area contributed by atoms with Crippen molar-refractivity contribution in [2.45, 2.75) is 6.92 Å². The van der Waals surface area contributed by atoms with Crippen LogP contribution in [-0.4, -0.2) is 9.78 Å². The highest BCUT2D eigenvalue weighted by Crippen LogP contribution is 2.27. The smallest absolute Gasteiger partial charge is 0.134 e. The topological polar surface area (TPSA) is 17.8 Å². The summed E-state index contributed by atoms with van der Waals surface area (Å²) in [6.45, 7) is 2.06. The molecule has 1 heterocycles. The lowest BCUT2D eigenvalue weighted by atomic mass is 10.1. The van der Waals surface area contributed by atoms with Gasteiger partial charge in [-0.05, 0) is 12.5 Å². The molecule has 3 heteroatoms. The minimum atomic E-state index is 0.676. The molecule has 0 spiro atoms. The summed E-state index contributed by atoms with van der Waals surface area (Å²) in [5, 5.41) is 4.78. The van der Waals surface area contributed by atoms with Gasteiger partial charge in [0.2, 0.25) is 0 Å². The summed E-state index contributed by atoms with van der Waals surface area (Å²) in [6.07, 6.45) is 1.79. The summed E-state index contributed by atoms with van der Waals surface area (Å²) in [5.41, 5.74) is 3.32. The number of aryl methyl sites for hydroxylation is 2. The first-order valence-corrected chi connectivity index (χ1v) is 4.81. The largest absolute Gasteiger partial charge is 0.256 e. The van der Waals surface area contributed by atoms with Crippen molar-refractivity contribution < 1.29 is 0 Å². The van der Waals surface area contributed by atoms with Gasteiger partial charge in [0.05, 0.1) is 6.20 Å². The van der Waals surface area contributed by atoms with Crippen LogP contribution in [0.25, 0.3) is 11.1 Å². The highest BCUT2D eigenvalue weighted by molar-refractivity contribution is 6.32. The minimum absolute atomic E-state index is 0.676. The molecule has 2 aromatic rings. The molecular formula is C11H11ClN2. The maximum absolute atomic E-state index is 6.10. The van der Waals surface area contributed by atoms with Gasteiger partial charge in [-0.15, -0.1) is 0 Å². The fourth-order valence-corrected chi connectivity index (χ4v) is 1.63. The summed E-state index contributed by atoms with van der Waals surface area (Å²) < 4.78 is 1.67. The molecule has 2 nitrogen and oxygen atoms in total. The molecule has 0 aliphatic rings. The summed E-state index contributed by atoms with van der Waals surface area (Å²) >= 11 is 6.10. The fraction of sp³-hybridized carbons (Fsp3) is 0.182. The molecule has 0 N–H and O–H groups in total. The van der Waals surface area contributed by atoms with E-state index in [1.54, 1.807) is 10.9 Å². The lowest BCUT2D eigenvalue weighted by Crippen LogP contribution is -1.88. The van der Waals surface area contributed by atoms with Gasteiger partial charge in [-0.1, -0.05) is 41.4 Å². The molecule has 1 aromatic heterocycles. The second kappa shape index (κ2) is 3.46. The van der Waals surface area contributed by atoms with Gasteiger partial charge in [0.15, 0.2) is 0 Å². The molecular weight excluding hydrogens is 196 g/mol. The Morgan fingerprint density at radius 1 is 1.36 bits per heavy atom. The van der Waals surface area contributed by atoms with Crippen LogP contribution >= 0.6 is 11.6 Å². The molecule has 0 radical (unpaired) electrons. The third kappa shape index (κ3) is 1.53. The summed E-state index contributed by atoms with van der Waals surface area (Å²) in [7, 11) is 1.83. The van der Waals surface area contributed by atoms with Gasteiger partial charge in [-0.3, -0.25) is 4.68 Å². The van der Waals surface area contributed by atoms with E-state index in [0.717, 1.165) is 11.1 Å². The van der Waals surface area contributed by atoms with E-state index in [4.69, 9.17) is 11.6 Å².